The van der Waals surface area contributed by atoms with Crippen molar-refractivity contribution < 1.29 is 14.3 Å². The van der Waals surface area contributed by atoms with Gasteiger partial charge in [-0.15, -0.1) is 0 Å². The van der Waals surface area contributed by atoms with Crippen LogP contribution < -0.4 is 0 Å². The average molecular weight is 303 g/mol. The lowest BCUT2D eigenvalue weighted by Gasteiger charge is -2.48. The van der Waals surface area contributed by atoms with Crippen molar-refractivity contribution in [3.8, 4) is 0 Å². The molecule has 3 rings (SSSR count). The number of aryl methyl sites for hydroxylation is 1. The number of rotatable bonds is 2. The number of amides is 1. The minimum absolute atomic E-state index is 0.137. The highest BCUT2D eigenvalue weighted by molar-refractivity contribution is 5.95. The van der Waals surface area contributed by atoms with Crippen LogP contribution in [0.2, 0.25) is 0 Å². The van der Waals surface area contributed by atoms with E-state index in [4.69, 9.17) is 9.47 Å². The first-order valence-corrected chi connectivity index (χ1v) is 8.18. The van der Waals surface area contributed by atoms with Gasteiger partial charge in [-0.05, 0) is 44.2 Å². The quantitative estimate of drug-likeness (QED) is 0.843. The molecule has 2 saturated heterocycles. The maximum Gasteiger partial charge on any atom is 0.254 e. The normalized spacial score (nSPS) is 24.5. The molecule has 1 aromatic carbocycles. The van der Waals surface area contributed by atoms with Crippen molar-refractivity contribution in [1.82, 2.24) is 4.90 Å². The van der Waals surface area contributed by atoms with Crippen molar-refractivity contribution in [1.29, 1.82) is 0 Å². The molecule has 1 atom stereocenters. The number of nitrogens with zero attached hydrogens (tertiary/aromatic N) is 1. The minimum atomic E-state index is -0.185. The first-order chi connectivity index (χ1) is 10.7. The molecule has 120 valence electrons. The predicted octanol–water partition coefficient (Wildman–Crippen LogP) is 2.80. The van der Waals surface area contributed by atoms with Gasteiger partial charge in [0.25, 0.3) is 5.91 Å². The molecule has 0 N–H and O–H groups in total. The van der Waals surface area contributed by atoms with Crippen LogP contribution in [-0.2, 0) is 9.47 Å². The van der Waals surface area contributed by atoms with Crippen LogP contribution in [0.15, 0.2) is 24.3 Å². The Labute approximate surface area is 132 Å². The molecule has 0 aliphatic carbocycles. The van der Waals surface area contributed by atoms with E-state index in [1.165, 1.54) is 0 Å². The summed E-state index contributed by atoms with van der Waals surface area (Å²) in [5.41, 5.74) is 1.66. The second-order valence-electron chi connectivity index (χ2n) is 6.39. The maximum atomic E-state index is 12.7. The van der Waals surface area contributed by atoms with E-state index in [1.54, 1.807) is 7.11 Å². The van der Waals surface area contributed by atoms with E-state index < -0.39 is 0 Å². The standard InChI is InChI=1S/C18H25NO3/c1-14-6-3-4-7-15(14)17(20)19-11-9-18(10-12-19)16(21-2)8-5-13-22-18/h3-4,6-7,16H,5,8-13H2,1-2H3. The smallest absolute Gasteiger partial charge is 0.254 e. The number of hydrogen-bond acceptors (Lipinski definition) is 3. The molecule has 4 heteroatoms. The van der Waals surface area contributed by atoms with Crippen molar-refractivity contribution in [3.05, 3.63) is 35.4 Å². The molecule has 0 saturated carbocycles. The maximum absolute atomic E-state index is 12.7. The Hall–Kier alpha value is -1.39. The summed E-state index contributed by atoms with van der Waals surface area (Å²) in [5.74, 6) is 0.137. The zero-order chi connectivity index (χ0) is 15.6. The summed E-state index contributed by atoms with van der Waals surface area (Å²) in [4.78, 5) is 14.7. The molecule has 4 nitrogen and oxygen atoms in total. The fourth-order valence-corrected chi connectivity index (χ4v) is 3.77. The van der Waals surface area contributed by atoms with E-state index in [2.05, 4.69) is 0 Å². The van der Waals surface area contributed by atoms with E-state index in [1.807, 2.05) is 36.1 Å². The Morgan fingerprint density at radius 2 is 2.05 bits per heavy atom. The first kappa shape index (κ1) is 15.5. The van der Waals surface area contributed by atoms with Crippen molar-refractivity contribution in [2.75, 3.05) is 26.8 Å². The van der Waals surface area contributed by atoms with Gasteiger partial charge in [-0.1, -0.05) is 18.2 Å². The minimum Gasteiger partial charge on any atom is -0.378 e. The molecule has 0 aromatic heterocycles. The van der Waals surface area contributed by atoms with E-state index in [9.17, 15) is 4.79 Å². The van der Waals surface area contributed by atoms with Crippen LogP contribution in [0.1, 0.15) is 41.6 Å². The Balaban J connectivity index is 1.69. The van der Waals surface area contributed by atoms with Crippen molar-refractivity contribution in [2.45, 2.75) is 44.3 Å². The van der Waals surface area contributed by atoms with Crippen LogP contribution in [0.4, 0.5) is 0 Å². The SMILES string of the molecule is COC1CCCOC12CCN(C(=O)c1ccccc1C)CC2. The molecule has 1 unspecified atom stereocenters. The lowest BCUT2D eigenvalue weighted by atomic mass is 9.81. The highest BCUT2D eigenvalue weighted by Gasteiger charge is 2.45. The van der Waals surface area contributed by atoms with E-state index in [0.29, 0.717) is 0 Å². The molecule has 2 aliphatic rings. The van der Waals surface area contributed by atoms with Crippen LogP contribution in [0.25, 0.3) is 0 Å². The van der Waals surface area contributed by atoms with Gasteiger partial charge in [-0.2, -0.15) is 0 Å². The number of likely N-dealkylation sites (tertiary alicyclic amines) is 1. The van der Waals surface area contributed by atoms with Gasteiger partial charge in [-0.25, -0.2) is 0 Å². The molecule has 2 fully saturated rings. The fourth-order valence-electron chi connectivity index (χ4n) is 3.77. The molecular weight excluding hydrogens is 278 g/mol. The van der Waals surface area contributed by atoms with Gasteiger partial charge in [0.05, 0.1) is 11.7 Å². The van der Waals surface area contributed by atoms with E-state index in [0.717, 1.165) is 56.5 Å². The Morgan fingerprint density at radius 1 is 1.32 bits per heavy atom. The lowest BCUT2D eigenvalue weighted by Crippen LogP contribution is -2.56. The third kappa shape index (κ3) is 2.77. The van der Waals surface area contributed by atoms with Crippen LogP contribution >= 0.6 is 0 Å². The molecule has 2 heterocycles. The van der Waals surface area contributed by atoms with Gasteiger partial charge in [-0.3, -0.25) is 4.79 Å². The van der Waals surface area contributed by atoms with Crippen molar-refractivity contribution in [3.63, 3.8) is 0 Å². The highest BCUT2D eigenvalue weighted by atomic mass is 16.5. The molecule has 22 heavy (non-hydrogen) atoms. The monoisotopic (exact) mass is 303 g/mol. The number of methoxy groups -OCH3 is 1. The lowest BCUT2D eigenvalue weighted by molar-refractivity contribution is -0.183. The average Bonchev–Trinajstić information content (AvgIpc) is 2.56. The second kappa shape index (κ2) is 6.39. The van der Waals surface area contributed by atoms with Crippen molar-refractivity contribution >= 4 is 5.91 Å². The Kier molecular flexibility index (Phi) is 4.50. The molecule has 2 aliphatic heterocycles. The number of hydrogen-bond donors (Lipinski definition) is 0. The largest absolute Gasteiger partial charge is 0.378 e. The van der Waals surface area contributed by atoms with Gasteiger partial charge in [0.15, 0.2) is 0 Å². The van der Waals surface area contributed by atoms with Gasteiger partial charge in [0.1, 0.15) is 0 Å². The zero-order valence-corrected chi connectivity index (χ0v) is 13.5. The van der Waals surface area contributed by atoms with Gasteiger partial charge in [0.2, 0.25) is 0 Å². The van der Waals surface area contributed by atoms with Crippen LogP contribution in [0.5, 0.6) is 0 Å². The summed E-state index contributed by atoms with van der Waals surface area (Å²) >= 11 is 0. The second-order valence-corrected chi connectivity index (χ2v) is 6.39. The summed E-state index contributed by atoms with van der Waals surface area (Å²) in [6.45, 7) is 4.29. The molecule has 1 spiro atoms. The molecule has 0 bridgehead atoms. The molecule has 1 amide bonds. The Bertz CT molecular complexity index is 535. The molecule has 1 aromatic rings. The summed E-state index contributed by atoms with van der Waals surface area (Å²) in [5, 5.41) is 0. The zero-order valence-electron chi connectivity index (χ0n) is 13.5. The van der Waals surface area contributed by atoms with E-state index >= 15 is 0 Å². The fraction of sp³-hybridized carbons (Fsp3) is 0.611. The summed E-state index contributed by atoms with van der Waals surface area (Å²) in [7, 11) is 1.77. The van der Waals surface area contributed by atoms with E-state index in [-0.39, 0.29) is 17.6 Å². The van der Waals surface area contributed by atoms with Gasteiger partial charge in [0, 0.05) is 32.4 Å². The number of piperidine rings is 1. The summed E-state index contributed by atoms with van der Waals surface area (Å²) in [6.07, 6.45) is 4.01. The third-order valence-corrected chi connectivity index (χ3v) is 5.14. The van der Waals surface area contributed by atoms with Gasteiger partial charge >= 0.3 is 0 Å². The van der Waals surface area contributed by atoms with Crippen LogP contribution in [-0.4, -0.2) is 49.3 Å². The molecular formula is C18H25NO3. The molecule has 0 radical (unpaired) electrons. The number of carbonyl (C=O) groups excluding carboxylic acids is 1. The number of ether oxygens (including phenoxy) is 2. The number of carbonyl (C=O) groups is 1. The predicted molar refractivity (Wildman–Crippen MR) is 85.0 cm³/mol. The van der Waals surface area contributed by atoms with Crippen LogP contribution in [0, 0.1) is 6.92 Å². The Morgan fingerprint density at radius 3 is 2.73 bits per heavy atom. The van der Waals surface area contributed by atoms with Crippen LogP contribution in [0.3, 0.4) is 0 Å². The van der Waals surface area contributed by atoms with Crippen molar-refractivity contribution in [2.24, 2.45) is 0 Å². The number of benzene rings is 1. The first-order valence-electron chi connectivity index (χ1n) is 8.18. The summed E-state index contributed by atoms with van der Waals surface area (Å²) < 4.78 is 11.8. The highest BCUT2D eigenvalue weighted by Crippen LogP contribution is 2.37. The third-order valence-electron chi connectivity index (χ3n) is 5.14. The van der Waals surface area contributed by atoms with Gasteiger partial charge < -0.3 is 14.4 Å². The summed E-state index contributed by atoms with van der Waals surface area (Å²) in [6, 6.07) is 7.80. The topological polar surface area (TPSA) is 38.8 Å².